The topological polar surface area (TPSA) is 42.1 Å². The highest BCUT2D eigenvalue weighted by Gasteiger charge is 2.07. The third-order valence-electron chi connectivity index (χ3n) is 2.22. The van der Waals surface area contributed by atoms with Gasteiger partial charge in [-0.3, -0.25) is 0 Å². The number of anilines is 2. The normalized spacial score (nSPS) is 10.5. The standard InChI is InChI=1S/C11H11Cl2N3S/c1-16(6-8-2-3-10(13)17-8)11-5-7(14)4-9(12)15-11/h2-5H,6H2,1H3,(H2,14,15). The molecular formula is C11H11Cl2N3S. The van der Waals surface area contributed by atoms with Crippen LogP contribution >= 0.6 is 34.5 Å². The van der Waals surface area contributed by atoms with E-state index >= 15 is 0 Å². The first-order valence-electron chi connectivity index (χ1n) is 4.93. The van der Waals surface area contributed by atoms with E-state index in [-0.39, 0.29) is 0 Å². The van der Waals surface area contributed by atoms with Crippen LogP contribution in [0.1, 0.15) is 4.88 Å². The molecular weight excluding hydrogens is 277 g/mol. The van der Waals surface area contributed by atoms with E-state index in [4.69, 9.17) is 28.9 Å². The molecule has 0 unspecified atom stereocenters. The van der Waals surface area contributed by atoms with Gasteiger partial charge >= 0.3 is 0 Å². The highest BCUT2D eigenvalue weighted by molar-refractivity contribution is 7.16. The molecule has 6 heteroatoms. The van der Waals surface area contributed by atoms with Crippen LogP contribution < -0.4 is 10.6 Å². The van der Waals surface area contributed by atoms with Crippen LogP contribution in [0.4, 0.5) is 11.5 Å². The molecule has 0 atom stereocenters. The fraction of sp³-hybridized carbons (Fsp3) is 0.182. The lowest BCUT2D eigenvalue weighted by Gasteiger charge is -2.17. The van der Waals surface area contributed by atoms with Crippen molar-refractivity contribution in [1.29, 1.82) is 0 Å². The molecule has 0 amide bonds. The summed E-state index contributed by atoms with van der Waals surface area (Å²) in [5, 5.41) is 0.399. The molecule has 0 radical (unpaired) electrons. The van der Waals surface area contributed by atoms with E-state index in [9.17, 15) is 0 Å². The van der Waals surface area contributed by atoms with Gasteiger partial charge < -0.3 is 10.6 Å². The zero-order valence-corrected chi connectivity index (χ0v) is 11.5. The lowest BCUT2D eigenvalue weighted by molar-refractivity contribution is 0.913. The van der Waals surface area contributed by atoms with Crippen molar-refractivity contribution < 1.29 is 0 Å². The average molecular weight is 288 g/mol. The summed E-state index contributed by atoms with van der Waals surface area (Å²) in [4.78, 5) is 7.36. The summed E-state index contributed by atoms with van der Waals surface area (Å²) >= 11 is 13.3. The number of halogens is 2. The fourth-order valence-corrected chi connectivity index (χ4v) is 2.80. The number of nitrogen functional groups attached to an aromatic ring is 1. The zero-order chi connectivity index (χ0) is 12.4. The van der Waals surface area contributed by atoms with Crippen molar-refractivity contribution in [2.45, 2.75) is 6.54 Å². The average Bonchev–Trinajstić information content (AvgIpc) is 2.62. The zero-order valence-electron chi connectivity index (χ0n) is 9.15. The highest BCUT2D eigenvalue weighted by Crippen LogP contribution is 2.25. The van der Waals surface area contributed by atoms with Crippen molar-refractivity contribution in [1.82, 2.24) is 4.98 Å². The molecule has 0 aliphatic carbocycles. The van der Waals surface area contributed by atoms with Crippen LogP contribution in [0.15, 0.2) is 24.3 Å². The van der Waals surface area contributed by atoms with Crippen molar-refractivity contribution in [3.8, 4) is 0 Å². The lowest BCUT2D eigenvalue weighted by Crippen LogP contribution is -2.17. The Morgan fingerprint density at radius 2 is 2.12 bits per heavy atom. The number of nitrogens with zero attached hydrogens (tertiary/aromatic N) is 2. The van der Waals surface area contributed by atoms with Gasteiger partial charge in [-0.1, -0.05) is 23.2 Å². The van der Waals surface area contributed by atoms with Crippen LogP contribution in [0.5, 0.6) is 0 Å². The summed E-state index contributed by atoms with van der Waals surface area (Å²) in [6.45, 7) is 0.726. The number of hydrogen-bond acceptors (Lipinski definition) is 4. The number of hydrogen-bond donors (Lipinski definition) is 1. The van der Waals surface area contributed by atoms with Crippen molar-refractivity contribution in [3.63, 3.8) is 0 Å². The molecule has 0 aliphatic rings. The van der Waals surface area contributed by atoms with E-state index in [2.05, 4.69) is 4.98 Å². The van der Waals surface area contributed by atoms with Crippen LogP contribution in [0.2, 0.25) is 9.49 Å². The first-order valence-corrected chi connectivity index (χ1v) is 6.50. The molecule has 3 nitrogen and oxygen atoms in total. The Morgan fingerprint density at radius 1 is 1.35 bits per heavy atom. The SMILES string of the molecule is CN(Cc1ccc(Cl)s1)c1cc(N)cc(Cl)n1. The van der Waals surface area contributed by atoms with Gasteiger partial charge in [0.2, 0.25) is 0 Å². The molecule has 2 heterocycles. The van der Waals surface area contributed by atoms with Crippen LogP contribution in [-0.4, -0.2) is 12.0 Å². The third kappa shape index (κ3) is 3.25. The van der Waals surface area contributed by atoms with E-state index in [0.717, 1.165) is 21.6 Å². The number of rotatable bonds is 3. The van der Waals surface area contributed by atoms with E-state index in [0.29, 0.717) is 10.8 Å². The predicted molar refractivity (Wildman–Crippen MR) is 75.1 cm³/mol. The number of aromatic nitrogens is 1. The summed E-state index contributed by atoms with van der Waals surface area (Å²) < 4.78 is 0.784. The van der Waals surface area contributed by atoms with Gasteiger partial charge in [0.1, 0.15) is 11.0 Å². The third-order valence-corrected chi connectivity index (χ3v) is 3.63. The summed E-state index contributed by atoms with van der Waals surface area (Å²) in [6.07, 6.45) is 0. The first-order chi connectivity index (χ1) is 8.04. The molecule has 0 aromatic carbocycles. The molecule has 0 aliphatic heterocycles. The van der Waals surface area contributed by atoms with Crippen molar-refractivity contribution in [3.05, 3.63) is 38.6 Å². The van der Waals surface area contributed by atoms with Crippen LogP contribution in [0.3, 0.4) is 0 Å². The summed E-state index contributed by atoms with van der Waals surface area (Å²) in [5.41, 5.74) is 6.33. The second-order valence-electron chi connectivity index (χ2n) is 3.64. The molecule has 0 bridgehead atoms. The van der Waals surface area contributed by atoms with E-state index in [1.165, 1.54) is 0 Å². The second kappa shape index (κ2) is 5.12. The lowest BCUT2D eigenvalue weighted by atomic mass is 10.3. The molecule has 2 rings (SSSR count). The van der Waals surface area contributed by atoms with Gasteiger partial charge in [0.15, 0.2) is 0 Å². The second-order valence-corrected chi connectivity index (χ2v) is 5.83. The first kappa shape index (κ1) is 12.5. The summed E-state index contributed by atoms with van der Waals surface area (Å²) in [7, 11) is 1.94. The fourth-order valence-electron chi connectivity index (χ4n) is 1.45. The molecule has 0 spiro atoms. The highest BCUT2D eigenvalue weighted by atomic mass is 35.5. The minimum absolute atomic E-state index is 0.399. The van der Waals surface area contributed by atoms with Gasteiger partial charge in [0.05, 0.1) is 10.9 Å². The molecule has 2 N–H and O–H groups in total. The Kier molecular flexibility index (Phi) is 3.76. The maximum Gasteiger partial charge on any atom is 0.133 e. The predicted octanol–water partition coefficient (Wildman–Crippen LogP) is 3.67. The molecule has 0 saturated carbocycles. The van der Waals surface area contributed by atoms with E-state index in [1.807, 2.05) is 24.1 Å². The molecule has 0 fully saturated rings. The molecule has 2 aromatic heterocycles. The molecule has 2 aromatic rings. The van der Waals surface area contributed by atoms with Gasteiger partial charge in [-0.2, -0.15) is 0 Å². The Balaban J connectivity index is 2.16. The summed E-state index contributed by atoms with van der Waals surface area (Å²) in [6, 6.07) is 7.30. The van der Waals surface area contributed by atoms with Crippen molar-refractivity contribution in [2.75, 3.05) is 17.7 Å². The van der Waals surface area contributed by atoms with Gasteiger partial charge in [-0.25, -0.2) is 4.98 Å². The minimum Gasteiger partial charge on any atom is -0.399 e. The Hall–Kier alpha value is -0.970. The van der Waals surface area contributed by atoms with E-state index in [1.54, 1.807) is 23.5 Å². The maximum atomic E-state index is 5.88. The smallest absolute Gasteiger partial charge is 0.133 e. The number of nitrogens with two attached hydrogens (primary N) is 1. The maximum absolute atomic E-state index is 5.88. The Labute approximate surface area is 114 Å². The van der Waals surface area contributed by atoms with E-state index < -0.39 is 0 Å². The molecule has 90 valence electrons. The Morgan fingerprint density at radius 3 is 2.71 bits per heavy atom. The van der Waals surface area contributed by atoms with Crippen LogP contribution in [-0.2, 0) is 6.54 Å². The van der Waals surface area contributed by atoms with Crippen LogP contribution in [0, 0.1) is 0 Å². The van der Waals surface area contributed by atoms with Gasteiger partial charge in [-0.05, 0) is 18.2 Å². The van der Waals surface area contributed by atoms with Crippen LogP contribution in [0.25, 0.3) is 0 Å². The largest absolute Gasteiger partial charge is 0.399 e. The monoisotopic (exact) mass is 287 g/mol. The van der Waals surface area contributed by atoms with Gasteiger partial charge in [0, 0.05) is 23.7 Å². The molecule has 17 heavy (non-hydrogen) atoms. The van der Waals surface area contributed by atoms with Gasteiger partial charge in [-0.15, -0.1) is 11.3 Å². The molecule has 0 saturated heterocycles. The minimum atomic E-state index is 0.399. The number of thiophene rings is 1. The Bertz CT molecular complexity index is 507. The van der Waals surface area contributed by atoms with Crippen molar-refractivity contribution >= 4 is 46.0 Å². The number of pyridine rings is 1. The quantitative estimate of drug-likeness (QED) is 0.876. The van der Waals surface area contributed by atoms with Gasteiger partial charge in [0.25, 0.3) is 0 Å². The summed E-state index contributed by atoms with van der Waals surface area (Å²) in [5.74, 6) is 0.750. The van der Waals surface area contributed by atoms with Crippen molar-refractivity contribution in [2.24, 2.45) is 0 Å².